The lowest BCUT2D eigenvalue weighted by atomic mass is 9.97. The lowest BCUT2D eigenvalue weighted by Gasteiger charge is -2.10. The zero-order valence-electron chi connectivity index (χ0n) is 10.3. The minimum absolute atomic E-state index is 0.0978. The summed E-state index contributed by atoms with van der Waals surface area (Å²) in [6.07, 6.45) is 0. The van der Waals surface area contributed by atoms with Crippen LogP contribution in [-0.2, 0) is 0 Å². The van der Waals surface area contributed by atoms with Crippen molar-refractivity contribution in [1.82, 2.24) is 5.16 Å². The number of rotatable bonds is 2. The molecule has 0 aliphatic rings. The van der Waals surface area contributed by atoms with Gasteiger partial charge in [0.25, 0.3) is 0 Å². The van der Waals surface area contributed by atoms with Crippen LogP contribution in [0.4, 0.5) is 0 Å². The van der Waals surface area contributed by atoms with Crippen LogP contribution in [0, 0.1) is 20.8 Å². The van der Waals surface area contributed by atoms with E-state index in [4.69, 9.17) is 9.63 Å². The molecule has 18 heavy (non-hydrogen) atoms. The molecule has 0 unspecified atom stereocenters. The van der Waals surface area contributed by atoms with Gasteiger partial charge in [-0.05, 0) is 37.5 Å². The number of carboxylic acids is 1. The molecule has 2 rings (SSSR count). The number of phenolic OH excluding ortho intramolecular Hbond substituents is 1. The fourth-order valence-electron chi connectivity index (χ4n) is 1.87. The van der Waals surface area contributed by atoms with E-state index in [0.717, 1.165) is 16.7 Å². The third-order valence-electron chi connectivity index (χ3n) is 2.99. The number of aromatic carboxylic acids is 1. The van der Waals surface area contributed by atoms with Crippen LogP contribution in [0.15, 0.2) is 16.7 Å². The third-order valence-corrected chi connectivity index (χ3v) is 2.99. The summed E-state index contributed by atoms with van der Waals surface area (Å²) in [5.74, 6) is -0.808. The molecule has 0 aliphatic carbocycles. The molecule has 2 aromatic rings. The zero-order chi connectivity index (χ0) is 13.4. The Morgan fingerprint density at radius 2 is 1.89 bits per heavy atom. The second-order valence-electron chi connectivity index (χ2n) is 4.24. The van der Waals surface area contributed by atoms with Gasteiger partial charge in [0.05, 0.1) is 5.56 Å². The van der Waals surface area contributed by atoms with E-state index in [1.165, 1.54) is 6.07 Å². The Labute approximate surface area is 104 Å². The van der Waals surface area contributed by atoms with Crippen molar-refractivity contribution in [1.29, 1.82) is 0 Å². The summed E-state index contributed by atoms with van der Waals surface area (Å²) in [6, 6.07) is 3.21. The van der Waals surface area contributed by atoms with Crippen LogP contribution in [-0.4, -0.2) is 21.3 Å². The first kappa shape index (κ1) is 12.2. The van der Waals surface area contributed by atoms with Crippen molar-refractivity contribution >= 4 is 5.97 Å². The first-order valence-corrected chi connectivity index (χ1v) is 5.42. The van der Waals surface area contributed by atoms with Gasteiger partial charge in [0.1, 0.15) is 5.75 Å². The maximum atomic E-state index is 10.8. The quantitative estimate of drug-likeness (QED) is 0.852. The highest BCUT2D eigenvalue weighted by atomic mass is 16.5. The number of aromatic nitrogens is 1. The summed E-state index contributed by atoms with van der Waals surface area (Å²) in [4.78, 5) is 10.8. The summed E-state index contributed by atoms with van der Waals surface area (Å²) >= 11 is 0. The van der Waals surface area contributed by atoms with Gasteiger partial charge in [0, 0.05) is 6.07 Å². The maximum Gasteiger partial charge on any atom is 0.358 e. The molecule has 0 saturated heterocycles. The number of nitrogens with zero attached hydrogens (tertiary/aromatic N) is 1. The van der Waals surface area contributed by atoms with Gasteiger partial charge in [0.15, 0.2) is 11.5 Å². The van der Waals surface area contributed by atoms with E-state index in [1.54, 1.807) is 6.92 Å². The number of benzene rings is 1. The lowest BCUT2D eigenvalue weighted by Crippen LogP contribution is -1.94. The smallest absolute Gasteiger partial charge is 0.358 e. The van der Waals surface area contributed by atoms with E-state index in [9.17, 15) is 9.90 Å². The molecule has 0 bridgehead atoms. The first-order chi connectivity index (χ1) is 8.41. The molecule has 2 N–H and O–H groups in total. The molecule has 94 valence electrons. The van der Waals surface area contributed by atoms with Crippen molar-refractivity contribution in [3.63, 3.8) is 0 Å². The van der Waals surface area contributed by atoms with E-state index >= 15 is 0 Å². The largest absolute Gasteiger partial charge is 0.507 e. The van der Waals surface area contributed by atoms with Crippen LogP contribution in [0.3, 0.4) is 0 Å². The summed E-state index contributed by atoms with van der Waals surface area (Å²) in [5.41, 5.74) is 2.82. The van der Waals surface area contributed by atoms with Crippen molar-refractivity contribution < 1.29 is 19.5 Å². The van der Waals surface area contributed by atoms with Crippen molar-refractivity contribution in [3.05, 3.63) is 34.5 Å². The first-order valence-electron chi connectivity index (χ1n) is 5.42. The number of carbonyl (C=O) groups is 1. The highest BCUT2D eigenvalue weighted by Crippen LogP contribution is 2.36. The lowest BCUT2D eigenvalue weighted by molar-refractivity contribution is 0.0686. The molecule has 0 aliphatic heterocycles. The van der Waals surface area contributed by atoms with Gasteiger partial charge < -0.3 is 14.7 Å². The van der Waals surface area contributed by atoms with Crippen molar-refractivity contribution in [2.45, 2.75) is 20.8 Å². The van der Waals surface area contributed by atoms with Gasteiger partial charge in [-0.1, -0.05) is 11.2 Å². The molecule has 1 heterocycles. The Bertz CT molecular complexity index is 628. The van der Waals surface area contributed by atoms with Crippen LogP contribution >= 0.6 is 0 Å². The van der Waals surface area contributed by atoms with Crippen LogP contribution in [0.5, 0.6) is 5.75 Å². The average molecular weight is 247 g/mol. The topological polar surface area (TPSA) is 83.6 Å². The molecule has 0 fully saturated rings. The summed E-state index contributed by atoms with van der Waals surface area (Å²) in [7, 11) is 0. The molecule has 0 saturated carbocycles. The number of hydrogen-bond acceptors (Lipinski definition) is 4. The molecular weight excluding hydrogens is 234 g/mol. The standard InChI is InChI=1S/C13H13NO4/c1-6-4-7(2)11(12(15)8(6)3)10-5-9(13(16)17)14-18-10/h4-5,15H,1-3H3,(H,16,17). The molecule has 0 radical (unpaired) electrons. The second kappa shape index (κ2) is 4.18. The highest BCUT2D eigenvalue weighted by molar-refractivity contribution is 5.87. The van der Waals surface area contributed by atoms with Gasteiger partial charge in [-0.15, -0.1) is 0 Å². The molecule has 5 nitrogen and oxygen atoms in total. The molecule has 5 heteroatoms. The van der Waals surface area contributed by atoms with Crippen LogP contribution in [0.25, 0.3) is 11.3 Å². The Kier molecular flexibility index (Phi) is 2.82. The maximum absolute atomic E-state index is 10.8. The van der Waals surface area contributed by atoms with Gasteiger partial charge in [-0.25, -0.2) is 4.79 Å². The molecule has 0 spiro atoms. The molecule has 0 atom stereocenters. The van der Waals surface area contributed by atoms with Crippen LogP contribution in [0.2, 0.25) is 0 Å². The number of hydrogen-bond donors (Lipinski definition) is 2. The molecule has 1 aromatic carbocycles. The zero-order valence-corrected chi connectivity index (χ0v) is 10.3. The van der Waals surface area contributed by atoms with E-state index in [1.807, 2.05) is 19.9 Å². The van der Waals surface area contributed by atoms with E-state index < -0.39 is 5.97 Å². The van der Waals surface area contributed by atoms with Crippen molar-refractivity contribution in [3.8, 4) is 17.1 Å². The predicted octanol–water partition coefficient (Wildman–Crippen LogP) is 2.67. The number of phenols is 1. The number of aromatic hydroxyl groups is 1. The third kappa shape index (κ3) is 1.84. The van der Waals surface area contributed by atoms with Crippen LogP contribution in [0.1, 0.15) is 27.2 Å². The van der Waals surface area contributed by atoms with E-state index in [0.29, 0.717) is 5.56 Å². The summed E-state index contributed by atoms with van der Waals surface area (Å²) < 4.78 is 4.98. The average Bonchev–Trinajstić information content (AvgIpc) is 2.75. The Morgan fingerprint density at radius 3 is 2.44 bits per heavy atom. The van der Waals surface area contributed by atoms with Crippen molar-refractivity contribution in [2.24, 2.45) is 0 Å². The number of carboxylic acid groups (broad SMARTS) is 1. The SMILES string of the molecule is Cc1cc(C)c(-c2cc(C(=O)O)no2)c(O)c1C. The van der Waals surface area contributed by atoms with E-state index in [-0.39, 0.29) is 17.2 Å². The van der Waals surface area contributed by atoms with Gasteiger partial charge in [-0.3, -0.25) is 0 Å². The second-order valence-corrected chi connectivity index (χ2v) is 4.24. The van der Waals surface area contributed by atoms with Gasteiger partial charge in [0.2, 0.25) is 0 Å². The highest BCUT2D eigenvalue weighted by Gasteiger charge is 2.18. The summed E-state index contributed by atoms with van der Waals surface area (Å²) in [6.45, 7) is 5.52. The fraction of sp³-hybridized carbons (Fsp3) is 0.231. The molecule has 0 amide bonds. The minimum atomic E-state index is -1.16. The van der Waals surface area contributed by atoms with Gasteiger partial charge >= 0.3 is 5.97 Å². The molecule has 1 aromatic heterocycles. The monoisotopic (exact) mass is 247 g/mol. The predicted molar refractivity (Wildman–Crippen MR) is 64.8 cm³/mol. The minimum Gasteiger partial charge on any atom is -0.507 e. The fourth-order valence-corrected chi connectivity index (χ4v) is 1.87. The molecular formula is C13H13NO4. The van der Waals surface area contributed by atoms with E-state index in [2.05, 4.69) is 5.16 Å². The van der Waals surface area contributed by atoms with Crippen LogP contribution < -0.4 is 0 Å². The Balaban J connectivity index is 2.63. The Morgan fingerprint density at radius 1 is 1.22 bits per heavy atom. The van der Waals surface area contributed by atoms with Crippen molar-refractivity contribution in [2.75, 3.05) is 0 Å². The van der Waals surface area contributed by atoms with Gasteiger partial charge in [-0.2, -0.15) is 0 Å². The normalized spacial score (nSPS) is 10.6. The number of aryl methyl sites for hydroxylation is 2. The summed E-state index contributed by atoms with van der Waals surface area (Å²) in [5, 5.41) is 22.4. The Hall–Kier alpha value is -2.30.